The van der Waals surface area contributed by atoms with Gasteiger partial charge in [0.05, 0.1) is 6.61 Å². The van der Waals surface area contributed by atoms with Gasteiger partial charge >= 0.3 is 0 Å². The van der Waals surface area contributed by atoms with Crippen molar-refractivity contribution < 1.29 is 5.11 Å². The van der Waals surface area contributed by atoms with Gasteiger partial charge in [-0.2, -0.15) is 0 Å². The summed E-state index contributed by atoms with van der Waals surface area (Å²) in [7, 11) is 2.14. The van der Waals surface area contributed by atoms with Crippen molar-refractivity contribution in [1.82, 2.24) is 4.98 Å². The summed E-state index contributed by atoms with van der Waals surface area (Å²) in [5.41, 5.74) is 2.04. The Balaban J connectivity index is 2.19. The maximum absolute atomic E-state index is 9.37. The van der Waals surface area contributed by atoms with Gasteiger partial charge in [0.15, 0.2) is 0 Å². The van der Waals surface area contributed by atoms with Gasteiger partial charge < -0.3 is 10.0 Å². The van der Waals surface area contributed by atoms with Crippen LogP contribution in [0, 0.1) is 5.92 Å². The van der Waals surface area contributed by atoms with Crippen LogP contribution in [0.25, 0.3) is 0 Å². The first-order valence-corrected chi connectivity index (χ1v) is 7.47. The zero-order valence-corrected chi connectivity index (χ0v) is 12.4. The molecule has 1 fully saturated rings. The minimum atomic E-state index is 0.0947. The molecule has 2 unspecified atom stereocenters. The highest BCUT2D eigenvalue weighted by Gasteiger charge is 2.23. The first-order valence-electron chi connectivity index (χ1n) is 7.47. The standard InChI is InChI=1S/C16H26N2O/c1-4-14-9-13(11-19)10-16(17-14)18(3)15-7-5-6-12(2)8-15/h9-10,12,15,19H,4-8,11H2,1-3H3. The first-order chi connectivity index (χ1) is 9.13. The zero-order valence-electron chi connectivity index (χ0n) is 12.4. The second kappa shape index (κ2) is 6.38. The van der Waals surface area contributed by atoms with Crippen LogP contribution in [0.3, 0.4) is 0 Å². The molecule has 1 N–H and O–H groups in total. The average molecular weight is 262 g/mol. The molecular formula is C16H26N2O. The van der Waals surface area contributed by atoms with Crippen LogP contribution >= 0.6 is 0 Å². The van der Waals surface area contributed by atoms with Crippen LogP contribution in [0.5, 0.6) is 0 Å². The molecule has 0 saturated heterocycles. The van der Waals surface area contributed by atoms with E-state index in [0.717, 1.165) is 29.4 Å². The molecule has 3 nitrogen and oxygen atoms in total. The number of aromatic nitrogens is 1. The Hall–Kier alpha value is -1.09. The fourth-order valence-electron chi connectivity index (χ4n) is 3.03. The molecule has 1 aliphatic carbocycles. The average Bonchev–Trinajstić information content (AvgIpc) is 2.45. The summed E-state index contributed by atoms with van der Waals surface area (Å²) in [5, 5.41) is 9.37. The first kappa shape index (κ1) is 14.3. The Kier molecular flexibility index (Phi) is 4.81. The van der Waals surface area contributed by atoms with Crippen molar-refractivity contribution in [3.63, 3.8) is 0 Å². The third kappa shape index (κ3) is 3.47. The number of anilines is 1. The third-order valence-electron chi connectivity index (χ3n) is 4.29. The summed E-state index contributed by atoms with van der Waals surface area (Å²) in [6.07, 6.45) is 6.09. The summed E-state index contributed by atoms with van der Waals surface area (Å²) >= 11 is 0. The molecule has 2 atom stereocenters. The summed E-state index contributed by atoms with van der Waals surface area (Å²) in [6, 6.07) is 4.62. The third-order valence-corrected chi connectivity index (χ3v) is 4.29. The van der Waals surface area contributed by atoms with Gasteiger partial charge in [-0.05, 0) is 42.9 Å². The molecule has 1 aromatic rings. The van der Waals surface area contributed by atoms with E-state index in [2.05, 4.69) is 25.8 Å². The molecule has 0 aliphatic heterocycles. The second-order valence-corrected chi connectivity index (χ2v) is 5.87. The van der Waals surface area contributed by atoms with Crippen molar-refractivity contribution in [2.45, 2.75) is 58.6 Å². The van der Waals surface area contributed by atoms with Crippen LogP contribution < -0.4 is 4.90 Å². The second-order valence-electron chi connectivity index (χ2n) is 5.87. The van der Waals surface area contributed by atoms with Crippen LogP contribution in [0.15, 0.2) is 12.1 Å². The van der Waals surface area contributed by atoms with Gasteiger partial charge in [-0.3, -0.25) is 0 Å². The minimum Gasteiger partial charge on any atom is -0.392 e. The van der Waals surface area contributed by atoms with E-state index in [9.17, 15) is 5.11 Å². The van der Waals surface area contributed by atoms with Crippen LogP contribution in [-0.2, 0) is 13.0 Å². The maximum atomic E-state index is 9.37. The van der Waals surface area contributed by atoms with Gasteiger partial charge in [-0.1, -0.05) is 26.7 Å². The van der Waals surface area contributed by atoms with Crippen molar-refractivity contribution in [2.75, 3.05) is 11.9 Å². The number of rotatable bonds is 4. The number of aryl methyl sites for hydroxylation is 1. The monoisotopic (exact) mass is 262 g/mol. The van der Waals surface area contributed by atoms with E-state index in [1.165, 1.54) is 25.7 Å². The summed E-state index contributed by atoms with van der Waals surface area (Å²) in [6.45, 7) is 4.54. The highest BCUT2D eigenvalue weighted by atomic mass is 16.3. The highest BCUT2D eigenvalue weighted by Crippen LogP contribution is 2.29. The van der Waals surface area contributed by atoms with E-state index in [4.69, 9.17) is 4.98 Å². The molecule has 0 amide bonds. The molecule has 1 heterocycles. The van der Waals surface area contributed by atoms with E-state index in [1.807, 2.05) is 12.1 Å². The Bertz CT molecular complexity index is 397. The van der Waals surface area contributed by atoms with Crippen molar-refractivity contribution in [2.24, 2.45) is 5.92 Å². The molecule has 106 valence electrons. The van der Waals surface area contributed by atoms with E-state index < -0.39 is 0 Å². The zero-order chi connectivity index (χ0) is 13.8. The molecule has 0 radical (unpaired) electrons. The fraction of sp³-hybridized carbons (Fsp3) is 0.688. The molecule has 0 aromatic carbocycles. The van der Waals surface area contributed by atoms with Crippen LogP contribution in [0.2, 0.25) is 0 Å². The molecule has 2 rings (SSSR count). The fourth-order valence-corrected chi connectivity index (χ4v) is 3.03. The predicted molar refractivity (Wildman–Crippen MR) is 79.4 cm³/mol. The van der Waals surface area contributed by atoms with Gasteiger partial charge in [-0.25, -0.2) is 4.98 Å². The predicted octanol–water partition coefficient (Wildman–Crippen LogP) is 3.15. The Labute approximate surface area is 116 Å². The van der Waals surface area contributed by atoms with Crippen molar-refractivity contribution in [3.8, 4) is 0 Å². The highest BCUT2D eigenvalue weighted by molar-refractivity contribution is 5.43. The lowest BCUT2D eigenvalue weighted by Crippen LogP contribution is -2.36. The summed E-state index contributed by atoms with van der Waals surface area (Å²) < 4.78 is 0. The number of hydrogen-bond donors (Lipinski definition) is 1. The quantitative estimate of drug-likeness (QED) is 0.905. The molecule has 1 saturated carbocycles. The maximum Gasteiger partial charge on any atom is 0.129 e. The molecule has 1 aromatic heterocycles. The van der Waals surface area contributed by atoms with Crippen molar-refractivity contribution in [3.05, 3.63) is 23.4 Å². The van der Waals surface area contributed by atoms with E-state index in [-0.39, 0.29) is 6.61 Å². The number of nitrogens with zero attached hydrogens (tertiary/aromatic N) is 2. The number of aliphatic hydroxyl groups excluding tert-OH is 1. The Morgan fingerprint density at radius 1 is 1.37 bits per heavy atom. The molecule has 3 heteroatoms. The van der Waals surface area contributed by atoms with Crippen molar-refractivity contribution in [1.29, 1.82) is 0 Å². The van der Waals surface area contributed by atoms with Crippen LogP contribution in [-0.4, -0.2) is 23.2 Å². The van der Waals surface area contributed by atoms with Crippen LogP contribution in [0.4, 0.5) is 5.82 Å². The molecule has 0 bridgehead atoms. The van der Waals surface area contributed by atoms with Gasteiger partial charge in [0.1, 0.15) is 5.82 Å². The van der Waals surface area contributed by atoms with E-state index in [0.29, 0.717) is 6.04 Å². The van der Waals surface area contributed by atoms with E-state index >= 15 is 0 Å². The number of hydrogen-bond acceptors (Lipinski definition) is 3. The lowest BCUT2D eigenvalue weighted by molar-refractivity contribution is 0.281. The molecule has 19 heavy (non-hydrogen) atoms. The molecule has 0 spiro atoms. The van der Waals surface area contributed by atoms with Crippen LogP contribution in [0.1, 0.15) is 50.8 Å². The SMILES string of the molecule is CCc1cc(CO)cc(N(C)C2CCCC(C)C2)n1. The van der Waals surface area contributed by atoms with Gasteiger partial charge in [0, 0.05) is 18.8 Å². The van der Waals surface area contributed by atoms with Gasteiger partial charge in [-0.15, -0.1) is 0 Å². The van der Waals surface area contributed by atoms with Gasteiger partial charge in [0.2, 0.25) is 0 Å². The lowest BCUT2D eigenvalue weighted by Gasteiger charge is -2.35. The normalized spacial score (nSPS) is 23.4. The smallest absolute Gasteiger partial charge is 0.129 e. The molecule has 1 aliphatic rings. The lowest BCUT2D eigenvalue weighted by atomic mass is 9.86. The Morgan fingerprint density at radius 2 is 2.16 bits per heavy atom. The Morgan fingerprint density at radius 3 is 2.79 bits per heavy atom. The number of aliphatic hydroxyl groups is 1. The summed E-state index contributed by atoms with van der Waals surface area (Å²) in [5.74, 6) is 1.83. The summed E-state index contributed by atoms with van der Waals surface area (Å²) in [4.78, 5) is 7.03. The molecular weight excluding hydrogens is 236 g/mol. The topological polar surface area (TPSA) is 36.4 Å². The van der Waals surface area contributed by atoms with E-state index in [1.54, 1.807) is 0 Å². The van der Waals surface area contributed by atoms with Crippen molar-refractivity contribution >= 4 is 5.82 Å². The van der Waals surface area contributed by atoms with Gasteiger partial charge in [0.25, 0.3) is 0 Å². The largest absolute Gasteiger partial charge is 0.392 e. The number of pyridine rings is 1. The minimum absolute atomic E-state index is 0.0947.